The Hall–Kier alpha value is -1.86. The molecule has 2 aromatic rings. The molecule has 1 aromatic heterocycles. The lowest BCUT2D eigenvalue weighted by Crippen LogP contribution is -2.31. The second kappa shape index (κ2) is 5.85. The number of aromatic nitrogens is 3. The molecule has 0 bridgehead atoms. The molecule has 0 spiro atoms. The van der Waals surface area contributed by atoms with Gasteiger partial charge in [0.2, 0.25) is 0 Å². The molecule has 3 N–H and O–H groups in total. The highest BCUT2D eigenvalue weighted by Crippen LogP contribution is 2.21. The maximum absolute atomic E-state index is 13.7. The first kappa shape index (κ1) is 13.6. The van der Waals surface area contributed by atoms with Gasteiger partial charge in [-0.3, -0.25) is 16.0 Å². The smallest absolute Gasteiger partial charge is 0.163 e. The minimum Gasteiger partial charge on any atom is -0.271 e. The lowest BCUT2D eigenvalue weighted by atomic mass is 10.0. The van der Waals surface area contributed by atoms with E-state index >= 15 is 0 Å². The summed E-state index contributed by atoms with van der Waals surface area (Å²) in [5, 5.41) is 4.02. The SMILES string of the molecule is CCn1ncnc1CC(NN)c1cccc(F)c1F. The van der Waals surface area contributed by atoms with Crippen LogP contribution in [-0.2, 0) is 13.0 Å². The molecular formula is C12H15F2N5. The average Bonchev–Trinajstić information content (AvgIpc) is 2.87. The monoisotopic (exact) mass is 267 g/mol. The minimum absolute atomic E-state index is 0.174. The van der Waals surface area contributed by atoms with Crippen molar-refractivity contribution in [3.63, 3.8) is 0 Å². The molecule has 0 fully saturated rings. The van der Waals surface area contributed by atoms with Crippen molar-refractivity contribution >= 4 is 0 Å². The standard InChI is InChI=1S/C12H15F2N5/c1-2-19-11(16-7-17-19)6-10(18-15)8-4-3-5-9(13)12(8)14/h3-5,7,10,18H,2,6,15H2,1H3. The number of nitrogens with two attached hydrogens (primary N) is 1. The van der Waals surface area contributed by atoms with E-state index in [2.05, 4.69) is 15.5 Å². The largest absolute Gasteiger partial charge is 0.271 e. The third-order valence-electron chi connectivity index (χ3n) is 2.94. The number of hydrogen-bond acceptors (Lipinski definition) is 4. The van der Waals surface area contributed by atoms with Crippen molar-refractivity contribution in [2.75, 3.05) is 0 Å². The van der Waals surface area contributed by atoms with Crippen molar-refractivity contribution in [2.45, 2.75) is 25.9 Å². The first-order valence-corrected chi connectivity index (χ1v) is 5.94. The van der Waals surface area contributed by atoms with E-state index in [1.54, 1.807) is 4.68 Å². The van der Waals surface area contributed by atoms with Crippen LogP contribution in [0.1, 0.15) is 24.4 Å². The number of nitrogens with one attached hydrogen (secondary N) is 1. The molecule has 1 unspecified atom stereocenters. The fraction of sp³-hybridized carbons (Fsp3) is 0.333. The van der Waals surface area contributed by atoms with Crippen LogP contribution in [0.2, 0.25) is 0 Å². The van der Waals surface area contributed by atoms with Gasteiger partial charge < -0.3 is 0 Å². The number of benzene rings is 1. The van der Waals surface area contributed by atoms with Gasteiger partial charge in [0, 0.05) is 18.5 Å². The zero-order valence-corrected chi connectivity index (χ0v) is 10.5. The molecule has 1 aromatic carbocycles. The van der Waals surface area contributed by atoms with Crippen LogP contribution in [0.15, 0.2) is 24.5 Å². The molecule has 0 saturated heterocycles. The molecule has 0 aliphatic carbocycles. The molecule has 0 radical (unpaired) electrons. The van der Waals surface area contributed by atoms with Gasteiger partial charge in [-0.05, 0) is 13.0 Å². The van der Waals surface area contributed by atoms with E-state index in [4.69, 9.17) is 5.84 Å². The highest BCUT2D eigenvalue weighted by Gasteiger charge is 2.19. The molecule has 0 aliphatic rings. The summed E-state index contributed by atoms with van der Waals surface area (Å²) in [5.41, 5.74) is 2.66. The van der Waals surface area contributed by atoms with Crippen LogP contribution in [0.4, 0.5) is 8.78 Å². The Morgan fingerprint density at radius 1 is 1.42 bits per heavy atom. The maximum Gasteiger partial charge on any atom is 0.163 e. The summed E-state index contributed by atoms with van der Waals surface area (Å²) in [5.74, 6) is 4.31. The zero-order chi connectivity index (χ0) is 13.8. The van der Waals surface area contributed by atoms with Gasteiger partial charge in [0.1, 0.15) is 12.2 Å². The molecule has 0 aliphatic heterocycles. The van der Waals surface area contributed by atoms with Gasteiger partial charge in [0.15, 0.2) is 11.6 Å². The van der Waals surface area contributed by atoms with Gasteiger partial charge in [-0.2, -0.15) is 5.10 Å². The van der Waals surface area contributed by atoms with Crippen LogP contribution in [0, 0.1) is 11.6 Å². The molecule has 0 saturated carbocycles. The van der Waals surface area contributed by atoms with E-state index in [-0.39, 0.29) is 5.56 Å². The first-order valence-electron chi connectivity index (χ1n) is 5.94. The maximum atomic E-state index is 13.7. The number of halogens is 2. The van der Waals surface area contributed by atoms with E-state index in [0.29, 0.717) is 18.8 Å². The Bertz CT molecular complexity index is 555. The predicted octanol–water partition coefficient (Wildman–Crippen LogP) is 1.32. The fourth-order valence-corrected chi connectivity index (χ4v) is 1.94. The van der Waals surface area contributed by atoms with Gasteiger partial charge >= 0.3 is 0 Å². The quantitative estimate of drug-likeness (QED) is 0.633. The summed E-state index contributed by atoms with van der Waals surface area (Å²) in [6.07, 6.45) is 1.75. The average molecular weight is 267 g/mol. The van der Waals surface area contributed by atoms with E-state index in [0.717, 1.165) is 6.07 Å². The normalized spacial score (nSPS) is 12.6. The lowest BCUT2D eigenvalue weighted by molar-refractivity contribution is 0.454. The number of nitrogens with zero attached hydrogens (tertiary/aromatic N) is 3. The number of rotatable bonds is 5. The van der Waals surface area contributed by atoms with Gasteiger partial charge in [-0.15, -0.1) is 0 Å². The van der Waals surface area contributed by atoms with Crippen LogP contribution >= 0.6 is 0 Å². The van der Waals surface area contributed by atoms with Gasteiger partial charge in [-0.25, -0.2) is 13.8 Å². The number of hydrogen-bond donors (Lipinski definition) is 2. The van der Waals surface area contributed by atoms with E-state index in [9.17, 15) is 8.78 Å². The topological polar surface area (TPSA) is 68.8 Å². The van der Waals surface area contributed by atoms with E-state index in [1.807, 2.05) is 6.92 Å². The van der Waals surface area contributed by atoms with Crippen LogP contribution in [0.25, 0.3) is 0 Å². The Balaban J connectivity index is 2.28. The second-order valence-electron chi connectivity index (χ2n) is 4.06. The molecule has 1 heterocycles. The van der Waals surface area contributed by atoms with E-state index in [1.165, 1.54) is 18.5 Å². The Morgan fingerprint density at radius 2 is 2.21 bits per heavy atom. The van der Waals surface area contributed by atoms with Crippen LogP contribution in [0.5, 0.6) is 0 Å². The summed E-state index contributed by atoms with van der Waals surface area (Å²) in [6.45, 7) is 2.57. The molecular weight excluding hydrogens is 252 g/mol. The molecule has 19 heavy (non-hydrogen) atoms. The zero-order valence-electron chi connectivity index (χ0n) is 10.5. The Kier molecular flexibility index (Phi) is 4.18. The highest BCUT2D eigenvalue weighted by molar-refractivity contribution is 5.23. The van der Waals surface area contributed by atoms with Gasteiger partial charge in [-0.1, -0.05) is 12.1 Å². The summed E-state index contributed by atoms with van der Waals surface area (Å²) < 4.78 is 28.6. The fourth-order valence-electron chi connectivity index (χ4n) is 1.94. The van der Waals surface area contributed by atoms with Gasteiger partial charge in [0.05, 0.1) is 6.04 Å². The second-order valence-corrected chi connectivity index (χ2v) is 4.06. The lowest BCUT2D eigenvalue weighted by Gasteiger charge is -2.17. The van der Waals surface area contributed by atoms with Crippen molar-refractivity contribution in [3.05, 3.63) is 47.5 Å². The van der Waals surface area contributed by atoms with Crippen LogP contribution < -0.4 is 11.3 Å². The molecule has 1 atom stereocenters. The van der Waals surface area contributed by atoms with Crippen molar-refractivity contribution in [3.8, 4) is 0 Å². The summed E-state index contributed by atoms with van der Waals surface area (Å²) >= 11 is 0. The summed E-state index contributed by atoms with van der Waals surface area (Å²) in [4.78, 5) is 4.09. The first-order chi connectivity index (χ1) is 9.17. The van der Waals surface area contributed by atoms with Crippen LogP contribution in [0.3, 0.4) is 0 Å². The Morgan fingerprint density at radius 3 is 2.89 bits per heavy atom. The van der Waals surface area contributed by atoms with Crippen molar-refractivity contribution in [2.24, 2.45) is 5.84 Å². The summed E-state index contributed by atoms with van der Waals surface area (Å²) in [7, 11) is 0. The highest BCUT2D eigenvalue weighted by atomic mass is 19.2. The molecule has 2 rings (SSSR count). The molecule has 5 nitrogen and oxygen atoms in total. The van der Waals surface area contributed by atoms with E-state index < -0.39 is 17.7 Å². The summed E-state index contributed by atoms with van der Waals surface area (Å²) in [6, 6.07) is 3.45. The number of hydrazine groups is 1. The number of aryl methyl sites for hydroxylation is 1. The van der Waals surface area contributed by atoms with Crippen molar-refractivity contribution in [1.29, 1.82) is 0 Å². The minimum atomic E-state index is -0.895. The predicted molar refractivity (Wildman–Crippen MR) is 65.8 cm³/mol. The van der Waals surface area contributed by atoms with Gasteiger partial charge in [0.25, 0.3) is 0 Å². The third kappa shape index (κ3) is 2.77. The Labute approximate surface area is 109 Å². The molecule has 102 valence electrons. The van der Waals surface area contributed by atoms with Crippen LogP contribution in [-0.4, -0.2) is 14.8 Å². The van der Waals surface area contributed by atoms with Crippen molar-refractivity contribution < 1.29 is 8.78 Å². The molecule has 0 amide bonds. The molecule has 7 heteroatoms. The third-order valence-corrected chi connectivity index (χ3v) is 2.94. The van der Waals surface area contributed by atoms with Crippen molar-refractivity contribution in [1.82, 2.24) is 20.2 Å².